The number of hydrogen-bond donors (Lipinski definition) is 2. The van der Waals surface area contributed by atoms with E-state index in [0.717, 1.165) is 15.0 Å². The quantitative estimate of drug-likeness (QED) is 0.557. The maximum absolute atomic E-state index is 13.0. The van der Waals surface area contributed by atoms with Gasteiger partial charge in [-0.05, 0) is 30.5 Å². The summed E-state index contributed by atoms with van der Waals surface area (Å²) in [6, 6.07) is 10.9. The number of rotatable bonds is 4. The maximum Gasteiger partial charge on any atom is 0.333 e. The van der Waals surface area contributed by atoms with Gasteiger partial charge in [0, 0.05) is 18.1 Å². The minimum absolute atomic E-state index is 0.240. The van der Waals surface area contributed by atoms with Crippen LogP contribution in [0.1, 0.15) is 20.8 Å². The number of H-pyrrole nitrogens is 1. The predicted octanol–water partition coefficient (Wildman–Crippen LogP) is 2.32. The van der Waals surface area contributed by atoms with E-state index in [4.69, 9.17) is 0 Å². The van der Waals surface area contributed by atoms with Crippen molar-refractivity contribution in [1.29, 1.82) is 0 Å². The molecule has 0 fully saturated rings. The molecule has 4 aromatic rings. The topological polar surface area (TPSA) is 88.9 Å². The Hall–Kier alpha value is -3.39. The first-order valence-electron chi connectivity index (χ1n) is 8.67. The van der Waals surface area contributed by atoms with Crippen molar-refractivity contribution in [3.05, 3.63) is 84.8 Å². The number of nitrogens with one attached hydrogen (secondary N) is 2. The highest BCUT2D eigenvalue weighted by molar-refractivity contribution is 7.09. The normalized spacial score (nSPS) is 11.1. The van der Waals surface area contributed by atoms with Crippen LogP contribution < -0.4 is 16.6 Å². The Morgan fingerprint density at radius 1 is 1.18 bits per heavy atom. The molecule has 0 aliphatic rings. The zero-order valence-corrected chi connectivity index (χ0v) is 16.2. The van der Waals surface area contributed by atoms with Crippen molar-refractivity contribution in [2.45, 2.75) is 13.5 Å². The molecule has 3 aromatic heterocycles. The molecule has 0 atom stereocenters. The number of thiophene rings is 1. The Morgan fingerprint density at radius 2 is 1.93 bits per heavy atom. The number of fused-ring (bicyclic) bond motifs is 1. The summed E-state index contributed by atoms with van der Waals surface area (Å²) in [6.45, 7) is 2.32. The molecular formula is C20H18N4O3S. The second kappa shape index (κ2) is 6.97. The Kier molecular flexibility index (Phi) is 4.48. The number of aryl methyl sites for hydroxylation is 2. The van der Waals surface area contributed by atoms with Gasteiger partial charge in [0.25, 0.3) is 11.5 Å². The highest BCUT2D eigenvalue weighted by atomic mass is 32.1. The fourth-order valence-electron chi connectivity index (χ4n) is 3.15. The zero-order chi connectivity index (χ0) is 19.8. The summed E-state index contributed by atoms with van der Waals surface area (Å²) in [7, 11) is 1.68. The van der Waals surface area contributed by atoms with E-state index in [1.807, 2.05) is 36.6 Å². The van der Waals surface area contributed by atoms with Crippen molar-refractivity contribution in [3.63, 3.8) is 0 Å². The molecule has 8 heteroatoms. The van der Waals surface area contributed by atoms with Crippen molar-refractivity contribution < 1.29 is 4.79 Å². The van der Waals surface area contributed by atoms with E-state index >= 15 is 0 Å². The molecule has 0 saturated carbocycles. The Labute approximate surface area is 163 Å². The van der Waals surface area contributed by atoms with Crippen molar-refractivity contribution in [2.75, 3.05) is 0 Å². The van der Waals surface area contributed by atoms with Crippen LogP contribution in [0.15, 0.2) is 57.6 Å². The SMILES string of the molecule is Cc1ccc(-n2c(=O)[nH]c3c(C(=O)NCc4cccs4)cn(C)c3c2=O)cc1. The van der Waals surface area contributed by atoms with E-state index in [9.17, 15) is 14.4 Å². The van der Waals surface area contributed by atoms with Gasteiger partial charge in [0.05, 0.1) is 23.3 Å². The molecular weight excluding hydrogens is 376 g/mol. The largest absolute Gasteiger partial charge is 0.347 e. The molecule has 2 N–H and O–H groups in total. The van der Waals surface area contributed by atoms with Gasteiger partial charge in [-0.25, -0.2) is 9.36 Å². The van der Waals surface area contributed by atoms with Crippen LogP contribution in [-0.2, 0) is 13.6 Å². The summed E-state index contributed by atoms with van der Waals surface area (Å²) in [4.78, 5) is 42.0. The predicted molar refractivity (Wildman–Crippen MR) is 109 cm³/mol. The molecule has 0 aliphatic carbocycles. The molecule has 0 spiro atoms. The van der Waals surface area contributed by atoms with Crippen LogP contribution in [0.5, 0.6) is 0 Å². The lowest BCUT2D eigenvalue weighted by molar-refractivity contribution is 0.0952. The minimum Gasteiger partial charge on any atom is -0.347 e. The second-order valence-corrected chi connectivity index (χ2v) is 7.58. The molecule has 4 rings (SSSR count). The Bertz CT molecular complexity index is 1280. The van der Waals surface area contributed by atoms with Crippen LogP contribution >= 0.6 is 11.3 Å². The first-order chi connectivity index (χ1) is 13.5. The van der Waals surface area contributed by atoms with Crippen molar-refractivity contribution in [1.82, 2.24) is 19.4 Å². The first-order valence-corrected chi connectivity index (χ1v) is 9.55. The molecule has 28 heavy (non-hydrogen) atoms. The summed E-state index contributed by atoms with van der Waals surface area (Å²) in [5.74, 6) is -0.345. The van der Waals surface area contributed by atoms with Gasteiger partial charge in [0.2, 0.25) is 0 Å². The molecule has 0 radical (unpaired) electrons. The lowest BCUT2D eigenvalue weighted by atomic mass is 10.2. The third kappa shape index (κ3) is 3.07. The molecule has 3 heterocycles. The number of amides is 1. The van der Waals surface area contributed by atoms with E-state index < -0.39 is 11.2 Å². The van der Waals surface area contributed by atoms with Gasteiger partial charge in [-0.1, -0.05) is 23.8 Å². The van der Waals surface area contributed by atoms with Crippen LogP contribution in [0.25, 0.3) is 16.7 Å². The molecule has 0 bridgehead atoms. The van der Waals surface area contributed by atoms with Crippen molar-refractivity contribution >= 4 is 28.3 Å². The first kappa shape index (κ1) is 18.0. The third-order valence-electron chi connectivity index (χ3n) is 4.56. The van der Waals surface area contributed by atoms with E-state index in [-0.39, 0.29) is 22.5 Å². The van der Waals surface area contributed by atoms with Gasteiger partial charge >= 0.3 is 5.69 Å². The number of carbonyl (C=O) groups is 1. The van der Waals surface area contributed by atoms with Crippen molar-refractivity contribution in [3.8, 4) is 5.69 Å². The number of aromatic nitrogens is 3. The van der Waals surface area contributed by atoms with Gasteiger partial charge in [0.1, 0.15) is 5.52 Å². The molecule has 142 valence electrons. The van der Waals surface area contributed by atoms with E-state index in [1.165, 1.54) is 0 Å². The number of carbonyl (C=O) groups excluding carboxylic acids is 1. The average Bonchev–Trinajstić information content (AvgIpc) is 3.29. The van der Waals surface area contributed by atoms with Crippen molar-refractivity contribution in [2.24, 2.45) is 7.05 Å². The van der Waals surface area contributed by atoms with Crippen LogP contribution in [0, 0.1) is 6.92 Å². The summed E-state index contributed by atoms with van der Waals surface area (Å²) >= 11 is 1.54. The summed E-state index contributed by atoms with van der Waals surface area (Å²) < 4.78 is 2.65. The van der Waals surface area contributed by atoms with Gasteiger partial charge in [-0.2, -0.15) is 0 Å². The smallest absolute Gasteiger partial charge is 0.333 e. The standard InChI is InChI=1S/C20H18N4O3S/c1-12-5-7-13(8-6-12)24-19(26)17-16(22-20(24)27)15(11-23(17)2)18(25)21-10-14-4-3-9-28-14/h3-9,11H,10H2,1-2H3,(H,21,25)(H,22,27). The molecule has 1 amide bonds. The Balaban J connectivity index is 1.79. The highest BCUT2D eigenvalue weighted by Crippen LogP contribution is 2.16. The summed E-state index contributed by atoms with van der Waals surface area (Å²) in [5, 5.41) is 4.76. The van der Waals surface area contributed by atoms with E-state index in [0.29, 0.717) is 12.2 Å². The van der Waals surface area contributed by atoms with Crippen LogP contribution in [0.4, 0.5) is 0 Å². The lowest BCUT2D eigenvalue weighted by Gasteiger charge is -2.06. The van der Waals surface area contributed by atoms with Gasteiger partial charge < -0.3 is 14.9 Å². The van der Waals surface area contributed by atoms with Crippen LogP contribution in [0.2, 0.25) is 0 Å². The van der Waals surface area contributed by atoms with Gasteiger partial charge in [0.15, 0.2) is 0 Å². The number of aromatic amines is 1. The maximum atomic E-state index is 13.0. The Morgan fingerprint density at radius 3 is 2.61 bits per heavy atom. The third-order valence-corrected chi connectivity index (χ3v) is 5.44. The molecule has 0 unspecified atom stereocenters. The zero-order valence-electron chi connectivity index (χ0n) is 15.4. The molecule has 1 aromatic carbocycles. The van der Waals surface area contributed by atoms with Gasteiger partial charge in [-0.15, -0.1) is 11.3 Å². The lowest BCUT2D eigenvalue weighted by Crippen LogP contribution is -2.34. The number of nitrogens with zero attached hydrogens (tertiary/aromatic N) is 2. The summed E-state index contributed by atoms with van der Waals surface area (Å²) in [5.41, 5.74) is 1.22. The fraction of sp³-hybridized carbons (Fsp3) is 0.150. The van der Waals surface area contributed by atoms with Crippen LogP contribution in [-0.4, -0.2) is 20.0 Å². The number of hydrogen-bond acceptors (Lipinski definition) is 4. The molecule has 0 saturated heterocycles. The van der Waals surface area contributed by atoms with E-state index in [2.05, 4.69) is 10.3 Å². The van der Waals surface area contributed by atoms with Gasteiger partial charge in [-0.3, -0.25) is 9.59 Å². The molecule has 7 nitrogen and oxygen atoms in total. The molecule has 0 aliphatic heterocycles. The minimum atomic E-state index is -0.583. The average molecular weight is 394 g/mol. The fourth-order valence-corrected chi connectivity index (χ4v) is 3.79. The second-order valence-electron chi connectivity index (χ2n) is 6.55. The number of benzene rings is 1. The van der Waals surface area contributed by atoms with Crippen LogP contribution in [0.3, 0.4) is 0 Å². The highest BCUT2D eigenvalue weighted by Gasteiger charge is 2.20. The monoisotopic (exact) mass is 394 g/mol. The summed E-state index contributed by atoms with van der Waals surface area (Å²) in [6.07, 6.45) is 1.56. The van der Waals surface area contributed by atoms with E-state index in [1.54, 1.807) is 41.3 Å².